The summed E-state index contributed by atoms with van der Waals surface area (Å²) in [6.07, 6.45) is 0. The monoisotopic (exact) mass is 304 g/mol. The summed E-state index contributed by atoms with van der Waals surface area (Å²) in [5.41, 5.74) is 5.84. The van der Waals surface area contributed by atoms with E-state index in [0.717, 1.165) is 11.8 Å². The lowest BCUT2D eigenvalue weighted by atomic mass is 10.2. The lowest BCUT2D eigenvalue weighted by Gasteiger charge is -2.05. The zero-order valence-corrected chi connectivity index (χ0v) is 11.8. The number of carbonyl (C=O) groups is 2. The predicted molar refractivity (Wildman–Crippen MR) is 80.5 cm³/mol. The second-order valence-electron chi connectivity index (χ2n) is 4.22. The molecule has 0 spiro atoms. The first-order chi connectivity index (χ1) is 10.1. The third-order valence-corrected chi connectivity index (χ3v) is 3.62. The standard InChI is InChI=1S/C15H13FN2O2S/c16-12-8-11(6-7-13(12)17)21-9-14(19)18-15(20)10-4-2-1-3-5-10/h1-8H,9,17H2,(H,18,19,20). The van der Waals surface area contributed by atoms with Gasteiger partial charge in [-0.25, -0.2) is 4.39 Å². The molecule has 0 fully saturated rings. The lowest BCUT2D eigenvalue weighted by Crippen LogP contribution is -2.31. The highest BCUT2D eigenvalue weighted by atomic mass is 32.2. The first kappa shape index (κ1) is 15.1. The molecule has 0 aliphatic carbocycles. The van der Waals surface area contributed by atoms with Crippen molar-refractivity contribution in [1.82, 2.24) is 5.32 Å². The number of benzene rings is 2. The second-order valence-corrected chi connectivity index (χ2v) is 5.26. The Morgan fingerprint density at radius 3 is 2.52 bits per heavy atom. The number of amides is 2. The van der Waals surface area contributed by atoms with Crippen LogP contribution in [0.4, 0.5) is 10.1 Å². The maximum atomic E-state index is 13.2. The number of carbonyl (C=O) groups excluding carboxylic acids is 2. The van der Waals surface area contributed by atoms with E-state index in [1.165, 1.54) is 12.1 Å². The molecule has 0 aliphatic heterocycles. The fraction of sp³-hybridized carbons (Fsp3) is 0.0667. The van der Waals surface area contributed by atoms with E-state index in [0.29, 0.717) is 10.5 Å². The van der Waals surface area contributed by atoms with Gasteiger partial charge in [0.25, 0.3) is 5.91 Å². The van der Waals surface area contributed by atoms with Crippen molar-refractivity contribution in [2.24, 2.45) is 0 Å². The molecule has 0 atom stereocenters. The van der Waals surface area contributed by atoms with Crippen molar-refractivity contribution >= 4 is 29.3 Å². The van der Waals surface area contributed by atoms with E-state index in [1.54, 1.807) is 36.4 Å². The quantitative estimate of drug-likeness (QED) is 0.672. The van der Waals surface area contributed by atoms with Crippen molar-refractivity contribution in [3.05, 3.63) is 59.9 Å². The molecule has 2 aromatic rings. The van der Waals surface area contributed by atoms with Gasteiger partial charge in [0.1, 0.15) is 5.82 Å². The van der Waals surface area contributed by atoms with Gasteiger partial charge in [0.15, 0.2) is 0 Å². The fourth-order valence-corrected chi connectivity index (χ4v) is 2.29. The number of nitrogen functional groups attached to an aromatic ring is 1. The minimum atomic E-state index is -0.527. The number of nitrogens with two attached hydrogens (primary N) is 1. The maximum absolute atomic E-state index is 13.2. The van der Waals surface area contributed by atoms with Gasteiger partial charge in [-0.05, 0) is 30.3 Å². The van der Waals surface area contributed by atoms with Crippen LogP contribution in [0.2, 0.25) is 0 Å². The third-order valence-electron chi connectivity index (χ3n) is 2.63. The molecule has 4 nitrogen and oxygen atoms in total. The van der Waals surface area contributed by atoms with E-state index in [4.69, 9.17) is 5.73 Å². The second kappa shape index (κ2) is 6.90. The molecule has 2 rings (SSSR count). The summed E-state index contributed by atoms with van der Waals surface area (Å²) in [5, 5.41) is 2.28. The Kier molecular flexibility index (Phi) is 4.94. The SMILES string of the molecule is Nc1ccc(SCC(=O)NC(=O)c2ccccc2)cc1F. The van der Waals surface area contributed by atoms with Crippen molar-refractivity contribution in [3.63, 3.8) is 0 Å². The van der Waals surface area contributed by atoms with Gasteiger partial charge in [-0.15, -0.1) is 11.8 Å². The molecule has 6 heteroatoms. The first-order valence-corrected chi connectivity index (χ1v) is 7.12. The van der Waals surface area contributed by atoms with E-state index < -0.39 is 17.6 Å². The molecule has 0 bridgehead atoms. The zero-order valence-electron chi connectivity index (χ0n) is 11.0. The minimum absolute atomic E-state index is 0.0158. The Morgan fingerprint density at radius 1 is 1.14 bits per heavy atom. The number of anilines is 1. The molecule has 21 heavy (non-hydrogen) atoms. The Hall–Kier alpha value is -2.34. The molecule has 0 saturated heterocycles. The Bertz CT molecular complexity index is 662. The summed E-state index contributed by atoms with van der Waals surface area (Å²) >= 11 is 1.13. The van der Waals surface area contributed by atoms with E-state index in [1.807, 2.05) is 0 Å². The molecule has 0 aliphatic rings. The molecule has 0 unspecified atom stereocenters. The molecule has 0 heterocycles. The number of imide groups is 1. The number of thioether (sulfide) groups is 1. The van der Waals surface area contributed by atoms with Crippen molar-refractivity contribution < 1.29 is 14.0 Å². The van der Waals surface area contributed by atoms with Gasteiger partial charge in [0, 0.05) is 10.5 Å². The summed E-state index contributed by atoms with van der Waals surface area (Å²) in [5.74, 6) is -1.40. The summed E-state index contributed by atoms with van der Waals surface area (Å²) < 4.78 is 13.2. The van der Waals surface area contributed by atoms with Gasteiger partial charge < -0.3 is 5.73 Å². The van der Waals surface area contributed by atoms with Gasteiger partial charge >= 0.3 is 0 Å². The lowest BCUT2D eigenvalue weighted by molar-refractivity contribution is -0.117. The summed E-state index contributed by atoms with van der Waals surface area (Å²) in [6.45, 7) is 0. The summed E-state index contributed by atoms with van der Waals surface area (Å²) in [4.78, 5) is 24.0. The molecule has 108 valence electrons. The van der Waals surface area contributed by atoms with Crippen LogP contribution in [-0.4, -0.2) is 17.6 Å². The average molecular weight is 304 g/mol. The van der Waals surface area contributed by atoms with Crippen LogP contribution in [-0.2, 0) is 4.79 Å². The zero-order chi connectivity index (χ0) is 15.2. The Labute approximate surface area is 125 Å². The molecule has 2 aromatic carbocycles. The highest BCUT2D eigenvalue weighted by Gasteiger charge is 2.10. The fourth-order valence-electron chi connectivity index (χ4n) is 1.57. The number of hydrogen-bond acceptors (Lipinski definition) is 4. The van der Waals surface area contributed by atoms with E-state index in [2.05, 4.69) is 5.32 Å². The van der Waals surface area contributed by atoms with E-state index in [-0.39, 0.29) is 11.4 Å². The van der Waals surface area contributed by atoms with E-state index >= 15 is 0 Å². The minimum Gasteiger partial charge on any atom is -0.396 e. The maximum Gasteiger partial charge on any atom is 0.257 e. The molecule has 0 radical (unpaired) electrons. The average Bonchev–Trinajstić information content (AvgIpc) is 2.49. The molecule has 3 N–H and O–H groups in total. The van der Waals surface area contributed by atoms with Crippen LogP contribution in [0.1, 0.15) is 10.4 Å². The number of rotatable bonds is 4. The van der Waals surface area contributed by atoms with Crippen LogP contribution in [0, 0.1) is 5.82 Å². The number of nitrogens with one attached hydrogen (secondary N) is 1. The van der Waals surface area contributed by atoms with Gasteiger partial charge in [-0.1, -0.05) is 18.2 Å². The van der Waals surface area contributed by atoms with Crippen molar-refractivity contribution in [1.29, 1.82) is 0 Å². The highest BCUT2D eigenvalue weighted by Crippen LogP contribution is 2.21. The summed E-state index contributed by atoms with van der Waals surface area (Å²) in [7, 11) is 0. The predicted octanol–water partition coefficient (Wildman–Crippen LogP) is 2.46. The van der Waals surface area contributed by atoms with Crippen molar-refractivity contribution in [3.8, 4) is 0 Å². The van der Waals surface area contributed by atoms with Gasteiger partial charge in [-0.3, -0.25) is 14.9 Å². The number of hydrogen-bond donors (Lipinski definition) is 2. The molecular formula is C15H13FN2O2S. The van der Waals surface area contributed by atoms with Crippen molar-refractivity contribution in [2.75, 3.05) is 11.5 Å². The molecule has 0 saturated carbocycles. The third kappa shape index (κ3) is 4.32. The van der Waals surface area contributed by atoms with Crippen LogP contribution in [0.25, 0.3) is 0 Å². The van der Waals surface area contributed by atoms with Gasteiger partial charge in [0.2, 0.25) is 5.91 Å². The molecule has 2 amide bonds. The van der Waals surface area contributed by atoms with Crippen LogP contribution in [0.3, 0.4) is 0 Å². The number of halogens is 1. The normalized spacial score (nSPS) is 10.1. The van der Waals surface area contributed by atoms with Gasteiger partial charge in [0.05, 0.1) is 11.4 Å². The van der Waals surface area contributed by atoms with Crippen LogP contribution in [0.5, 0.6) is 0 Å². The highest BCUT2D eigenvalue weighted by molar-refractivity contribution is 8.00. The first-order valence-electron chi connectivity index (χ1n) is 6.13. The van der Waals surface area contributed by atoms with Crippen LogP contribution >= 0.6 is 11.8 Å². The largest absolute Gasteiger partial charge is 0.396 e. The summed E-state index contributed by atoms with van der Waals surface area (Å²) in [6, 6.07) is 12.8. The van der Waals surface area contributed by atoms with E-state index in [9.17, 15) is 14.0 Å². The van der Waals surface area contributed by atoms with Gasteiger partial charge in [-0.2, -0.15) is 0 Å². The topological polar surface area (TPSA) is 72.2 Å². The van der Waals surface area contributed by atoms with Crippen molar-refractivity contribution in [2.45, 2.75) is 4.90 Å². The Balaban J connectivity index is 1.87. The van der Waals surface area contributed by atoms with Crippen LogP contribution < -0.4 is 11.1 Å². The molecular weight excluding hydrogens is 291 g/mol. The molecule has 0 aromatic heterocycles. The smallest absolute Gasteiger partial charge is 0.257 e. The van der Waals surface area contributed by atoms with Crippen LogP contribution in [0.15, 0.2) is 53.4 Å². The Morgan fingerprint density at radius 2 is 1.86 bits per heavy atom.